The Morgan fingerprint density at radius 3 is 2.21 bits per heavy atom. The largest absolute Gasteiger partial charge is 0.443 e. The molecule has 0 unspecified atom stereocenters. The number of amides is 2. The highest BCUT2D eigenvalue weighted by molar-refractivity contribution is 6.74. The standard InChI is InChI=1S/C18H31NO4Si/c1-10-13-14(23-24(8,9)18(5,6)7)11-12-15(20)19(13)16(21)22-17(2,3)4/h1,13-14H,11-12H2,2-9H3/t13-,14+/m1/s1. The topological polar surface area (TPSA) is 55.8 Å². The Kier molecular flexibility index (Phi) is 5.95. The van der Waals surface area contributed by atoms with E-state index in [2.05, 4.69) is 39.8 Å². The van der Waals surface area contributed by atoms with Crippen LogP contribution in [0.15, 0.2) is 0 Å². The summed E-state index contributed by atoms with van der Waals surface area (Å²) in [5, 5.41) is 0.0182. The molecule has 1 aliphatic heterocycles. The van der Waals surface area contributed by atoms with Gasteiger partial charge in [-0.15, -0.1) is 6.42 Å². The number of terminal acetylenes is 1. The van der Waals surface area contributed by atoms with Crippen molar-refractivity contribution < 1.29 is 18.8 Å². The van der Waals surface area contributed by atoms with Gasteiger partial charge >= 0.3 is 6.09 Å². The number of hydrogen-bond acceptors (Lipinski definition) is 4. The molecule has 136 valence electrons. The molecule has 2 amide bonds. The quantitative estimate of drug-likeness (QED) is 0.557. The number of carbonyl (C=O) groups is 2. The van der Waals surface area contributed by atoms with Gasteiger partial charge in [0.2, 0.25) is 5.91 Å². The number of ether oxygens (including phenoxy) is 1. The number of likely N-dealkylation sites (tertiary alicyclic amines) is 1. The van der Waals surface area contributed by atoms with E-state index in [1.54, 1.807) is 20.8 Å². The molecular weight excluding hydrogens is 322 g/mol. The molecule has 0 aromatic heterocycles. The molecule has 1 saturated heterocycles. The molecule has 0 radical (unpaired) electrons. The maximum absolute atomic E-state index is 12.4. The normalized spacial score (nSPS) is 23.0. The van der Waals surface area contributed by atoms with E-state index in [9.17, 15) is 9.59 Å². The molecule has 0 aliphatic carbocycles. The van der Waals surface area contributed by atoms with Crippen LogP contribution < -0.4 is 0 Å². The third-order valence-electron chi connectivity index (χ3n) is 4.55. The monoisotopic (exact) mass is 353 g/mol. The average molecular weight is 354 g/mol. The van der Waals surface area contributed by atoms with Crippen molar-refractivity contribution in [1.29, 1.82) is 0 Å². The fourth-order valence-corrected chi connectivity index (χ4v) is 3.61. The van der Waals surface area contributed by atoms with E-state index in [4.69, 9.17) is 15.6 Å². The summed E-state index contributed by atoms with van der Waals surface area (Å²) in [5.74, 6) is 2.27. The first-order chi connectivity index (χ1) is 10.7. The summed E-state index contributed by atoms with van der Waals surface area (Å²) in [6.07, 6.45) is 5.38. The van der Waals surface area contributed by atoms with Crippen molar-refractivity contribution in [2.45, 2.75) is 90.3 Å². The van der Waals surface area contributed by atoms with Crippen molar-refractivity contribution in [3.63, 3.8) is 0 Å². The molecule has 1 aliphatic rings. The van der Waals surface area contributed by atoms with Crippen LogP contribution in [0.5, 0.6) is 0 Å². The third kappa shape index (κ3) is 4.84. The Morgan fingerprint density at radius 1 is 1.25 bits per heavy atom. The lowest BCUT2D eigenvalue weighted by Crippen LogP contribution is -2.58. The Labute approximate surface area is 147 Å². The number of piperidine rings is 1. The van der Waals surface area contributed by atoms with E-state index in [1.165, 1.54) is 0 Å². The first-order valence-electron chi connectivity index (χ1n) is 8.38. The van der Waals surface area contributed by atoms with Gasteiger partial charge in [-0.2, -0.15) is 0 Å². The molecule has 6 heteroatoms. The number of carbonyl (C=O) groups excluding carboxylic acids is 2. The summed E-state index contributed by atoms with van der Waals surface area (Å²) in [7, 11) is -2.07. The molecule has 2 atom stereocenters. The van der Waals surface area contributed by atoms with Crippen molar-refractivity contribution in [1.82, 2.24) is 4.90 Å². The Morgan fingerprint density at radius 2 is 1.79 bits per heavy atom. The van der Waals surface area contributed by atoms with Crippen LogP contribution in [0.25, 0.3) is 0 Å². The third-order valence-corrected chi connectivity index (χ3v) is 9.06. The van der Waals surface area contributed by atoms with E-state index < -0.39 is 26.1 Å². The summed E-state index contributed by atoms with van der Waals surface area (Å²) in [4.78, 5) is 25.8. The van der Waals surface area contributed by atoms with Crippen LogP contribution in [-0.4, -0.2) is 43.0 Å². The molecule has 0 aromatic rings. The zero-order valence-corrected chi connectivity index (χ0v) is 17.2. The maximum atomic E-state index is 12.4. The SMILES string of the molecule is C#C[C@@H]1[C@@H](O[Si](C)(C)C(C)(C)C)CCC(=O)N1C(=O)OC(C)(C)C. The highest BCUT2D eigenvalue weighted by atomic mass is 28.4. The predicted molar refractivity (Wildman–Crippen MR) is 97.0 cm³/mol. The van der Waals surface area contributed by atoms with Crippen LogP contribution in [0, 0.1) is 12.3 Å². The van der Waals surface area contributed by atoms with Gasteiger partial charge in [0.1, 0.15) is 11.6 Å². The Bertz CT molecular complexity index is 537. The molecule has 0 spiro atoms. The van der Waals surface area contributed by atoms with Crippen LogP contribution in [0.1, 0.15) is 54.4 Å². The van der Waals surface area contributed by atoms with E-state index in [0.29, 0.717) is 6.42 Å². The minimum Gasteiger partial charge on any atom is -0.443 e. The fraction of sp³-hybridized carbons (Fsp3) is 0.778. The van der Waals surface area contributed by atoms with Gasteiger partial charge in [0.05, 0.1) is 6.10 Å². The van der Waals surface area contributed by atoms with Gasteiger partial charge in [-0.3, -0.25) is 4.79 Å². The molecule has 0 aromatic carbocycles. The zero-order chi connectivity index (χ0) is 18.9. The Hall–Kier alpha value is -1.32. The average Bonchev–Trinajstić information content (AvgIpc) is 2.36. The molecule has 0 N–H and O–H groups in total. The second-order valence-electron chi connectivity index (χ2n) is 8.81. The molecule has 0 saturated carbocycles. The van der Waals surface area contributed by atoms with Gasteiger partial charge < -0.3 is 9.16 Å². The molecule has 1 fully saturated rings. The lowest BCUT2D eigenvalue weighted by molar-refractivity contribution is -0.137. The van der Waals surface area contributed by atoms with Crippen molar-refractivity contribution in [3.8, 4) is 12.3 Å². The van der Waals surface area contributed by atoms with Gasteiger partial charge in [-0.1, -0.05) is 26.7 Å². The molecular formula is C18H31NO4Si. The van der Waals surface area contributed by atoms with E-state index in [-0.39, 0.29) is 23.5 Å². The zero-order valence-electron chi connectivity index (χ0n) is 16.2. The van der Waals surface area contributed by atoms with Gasteiger partial charge in [-0.05, 0) is 45.3 Å². The number of nitrogens with zero attached hydrogens (tertiary/aromatic N) is 1. The van der Waals surface area contributed by atoms with Crippen LogP contribution in [-0.2, 0) is 14.0 Å². The van der Waals surface area contributed by atoms with Crippen LogP contribution in [0.3, 0.4) is 0 Å². The minimum absolute atomic E-state index is 0.0182. The highest BCUT2D eigenvalue weighted by Crippen LogP contribution is 2.39. The van der Waals surface area contributed by atoms with Crippen molar-refractivity contribution in [2.24, 2.45) is 0 Å². The molecule has 1 rings (SSSR count). The van der Waals surface area contributed by atoms with Gasteiger partial charge in [0, 0.05) is 6.42 Å². The smallest absolute Gasteiger partial charge is 0.418 e. The summed E-state index contributed by atoms with van der Waals surface area (Å²) < 4.78 is 11.8. The number of hydrogen-bond donors (Lipinski definition) is 0. The van der Waals surface area contributed by atoms with Crippen LogP contribution >= 0.6 is 0 Å². The lowest BCUT2D eigenvalue weighted by atomic mass is 9.99. The minimum atomic E-state index is -2.07. The molecule has 24 heavy (non-hydrogen) atoms. The van der Waals surface area contributed by atoms with Crippen molar-refractivity contribution in [2.75, 3.05) is 0 Å². The van der Waals surface area contributed by atoms with E-state index >= 15 is 0 Å². The van der Waals surface area contributed by atoms with E-state index in [0.717, 1.165) is 4.90 Å². The molecule has 0 bridgehead atoms. The molecule has 1 heterocycles. The second-order valence-corrected chi connectivity index (χ2v) is 13.6. The first kappa shape index (κ1) is 20.7. The van der Waals surface area contributed by atoms with E-state index in [1.807, 2.05) is 0 Å². The summed E-state index contributed by atoms with van der Waals surface area (Å²) in [5.41, 5.74) is -0.691. The van der Waals surface area contributed by atoms with Gasteiger partial charge in [-0.25, -0.2) is 9.69 Å². The summed E-state index contributed by atoms with van der Waals surface area (Å²) in [6, 6.07) is -0.727. The summed E-state index contributed by atoms with van der Waals surface area (Å²) in [6.45, 7) is 16.0. The first-order valence-corrected chi connectivity index (χ1v) is 11.3. The van der Waals surface area contributed by atoms with Crippen LogP contribution in [0.2, 0.25) is 18.1 Å². The van der Waals surface area contributed by atoms with Crippen molar-refractivity contribution in [3.05, 3.63) is 0 Å². The number of rotatable bonds is 2. The Balaban J connectivity index is 3.05. The number of imide groups is 1. The van der Waals surface area contributed by atoms with Crippen LogP contribution in [0.4, 0.5) is 4.79 Å². The predicted octanol–water partition coefficient (Wildman–Crippen LogP) is 3.94. The summed E-state index contributed by atoms with van der Waals surface area (Å²) >= 11 is 0. The maximum Gasteiger partial charge on any atom is 0.418 e. The van der Waals surface area contributed by atoms with Gasteiger partial charge in [0.15, 0.2) is 8.32 Å². The molecule has 5 nitrogen and oxygen atoms in total. The van der Waals surface area contributed by atoms with Gasteiger partial charge in [0.25, 0.3) is 0 Å². The second kappa shape index (κ2) is 6.89. The fourth-order valence-electron chi connectivity index (χ4n) is 2.25. The highest BCUT2D eigenvalue weighted by Gasteiger charge is 2.46. The lowest BCUT2D eigenvalue weighted by Gasteiger charge is -2.44. The van der Waals surface area contributed by atoms with Crippen molar-refractivity contribution >= 4 is 20.3 Å².